The van der Waals surface area contributed by atoms with E-state index in [-0.39, 0.29) is 17.3 Å². The maximum Gasteiger partial charge on any atom is 0.243 e. The highest BCUT2D eigenvalue weighted by Gasteiger charge is 2.24. The zero-order valence-electron chi connectivity index (χ0n) is 12.5. The van der Waals surface area contributed by atoms with Crippen LogP contribution in [0.15, 0.2) is 29.2 Å². The summed E-state index contributed by atoms with van der Waals surface area (Å²) in [5.74, 6) is -0.774. The van der Waals surface area contributed by atoms with Crippen LogP contribution in [0.4, 0.5) is 4.39 Å². The lowest BCUT2D eigenvalue weighted by Crippen LogP contribution is -2.39. The molecule has 118 valence electrons. The molecule has 0 fully saturated rings. The van der Waals surface area contributed by atoms with E-state index in [2.05, 4.69) is 0 Å². The zero-order chi connectivity index (χ0) is 16.0. The van der Waals surface area contributed by atoms with Gasteiger partial charge in [0.15, 0.2) is 0 Å². The Kier molecular flexibility index (Phi) is 6.29. The fourth-order valence-electron chi connectivity index (χ4n) is 1.70. The third-order valence-electron chi connectivity index (χ3n) is 3.15. The van der Waals surface area contributed by atoms with Gasteiger partial charge in [0.05, 0.1) is 11.4 Å². The number of hydrogen-bond donors (Lipinski definition) is 0. The van der Waals surface area contributed by atoms with Crippen LogP contribution in [-0.4, -0.2) is 50.7 Å². The van der Waals surface area contributed by atoms with Gasteiger partial charge >= 0.3 is 0 Å². The molecule has 1 rings (SSSR count). The molecule has 0 unspecified atom stereocenters. The van der Waals surface area contributed by atoms with Gasteiger partial charge < -0.3 is 4.90 Å². The highest BCUT2D eigenvalue weighted by molar-refractivity contribution is 7.89. The second-order valence-corrected chi connectivity index (χ2v) is 6.93. The summed E-state index contributed by atoms with van der Waals surface area (Å²) in [4.78, 5) is 13.4. The minimum Gasteiger partial charge on any atom is -0.345 e. The van der Waals surface area contributed by atoms with Crippen molar-refractivity contribution in [2.24, 2.45) is 0 Å². The van der Waals surface area contributed by atoms with Crippen molar-refractivity contribution < 1.29 is 17.6 Å². The van der Waals surface area contributed by atoms with Crippen LogP contribution >= 0.6 is 0 Å². The number of amides is 1. The normalized spacial score (nSPS) is 11.7. The molecule has 0 N–H and O–H groups in total. The van der Waals surface area contributed by atoms with Crippen LogP contribution in [0.25, 0.3) is 0 Å². The van der Waals surface area contributed by atoms with Crippen molar-refractivity contribution in [2.45, 2.75) is 24.7 Å². The largest absolute Gasteiger partial charge is 0.345 e. The monoisotopic (exact) mass is 316 g/mol. The smallest absolute Gasteiger partial charge is 0.243 e. The molecule has 1 aromatic carbocycles. The van der Waals surface area contributed by atoms with Gasteiger partial charge in [0, 0.05) is 20.6 Å². The van der Waals surface area contributed by atoms with E-state index in [0.29, 0.717) is 6.54 Å². The number of carbonyl (C=O) groups excluding carboxylic acids is 1. The minimum absolute atomic E-state index is 0.0320. The minimum atomic E-state index is -3.79. The predicted octanol–water partition coefficient (Wildman–Crippen LogP) is 1.70. The van der Waals surface area contributed by atoms with Gasteiger partial charge in [-0.1, -0.05) is 13.3 Å². The number of carbonyl (C=O) groups is 1. The maximum atomic E-state index is 12.8. The van der Waals surface area contributed by atoms with Gasteiger partial charge in [0.2, 0.25) is 15.9 Å². The first-order valence-electron chi connectivity index (χ1n) is 6.75. The first-order valence-corrected chi connectivity index (χ1v) is 8.19. The first kappa shape index (κ1) is 17.6. The van der Waals surface area contributed by atoms with E-state index in [1.165, 1.54) is 24.1 Å². The van der Waals surface area contributed by atoms with Crippen LogP contribution in [0.2, 0.25) is 0 Å². The van der Waals surface area contributed by atoms with Crippen LogP contribution in [0.1, 0.15) is 19.8 Å². The number of nitrogens with zero attached hydrogens (tertiary/aromatic N) is 2. The predicted molar refractivity (Wildman–Crippen MR) is 78.8 cm³/mol. The molecule has 0 atom stereocenters. The molecule has 0 aliphatic heterocycles. The lowest BCUT2D eigenvalue weighted by atomic mass is 10.3. The van der Waals surface area contributed by atoms with Gasteiger partial charge in [-0.3, -0.25) is 4.79 Å². The second kappa shape index (κ2) is 7.51. The molecule has 1 aromatic rings. The maximum absolute atomic E-state index is 12.8. The average molecular weight is 316 g/mol. The molecule has 0 spiro atoms. The van der Waals surface area contributed by atoms with Crippen molar-refractivity contribution in [3.05, 3.63) is 30.1 Å². The molecule has 7 heteroatoms. The Labute approximate surface area is 125 Å². The summed E-state index contributed by atoms with van der Waals surface area (Å²) < 4.78 is 38.3. The van der Waals surface area contributed by atoms with Crippen molar-refractivity contribution in [3.63, 3.8) is 0 Å². The number of rotatable bonds is 7. The molecule has 0 bridgehead atoms. The van der Waals surface area contributed by atoms with Crippen LogP contribution in [0, 0.1) is 5.82 Å². The standard InChI is InChI=1S/C14H21FN2O3S/c1-4-5-10-16(2)14(18)11-17(3)21(19,20)13-8-6-12(15)7-9-13/h6-9H,4-5,10-11H2,1-3H3. The van der Waals surface area contributed by atoms with E-state index < -0.39 is 15.8 Å². The van der Waals surface area contributed by atoms with E-state index in [4.69, 9.17) is 0 Å². The summed E-state index contributed by atoms with van der Waals surface area (Å²) in [7, 11) is -0.799. The molecule has 5 nitrogen and oxygen atoms in total. The zero-order valence-corrected chi connectivity index (χ0v) is 13.4. The lowest BCUT2D eigenvalue weighted by molar-refractivity contribution is -0.129. The van der Waals surface area contributed by atoms with Crippen LogP contribution < -0.4 is 0 Å². The van der Waals surface area contributed by atoms with Gasteiger partial charge in [-0.2, -0.15) is 4.31 Å². The molecule has 1 amide bonds. The summed E-state index contributed by atoms with van der Waals surface area (Å²) >= 11 is 0. The van der Waals surface area contributed by atoms with Gasteiger partial charge in [-0.15, -0.1) is 0 Å². The van der Waals surface area contributed by atoms with Crippen molar-refractivity contribution in [2.75, 3.05) is 27.2 Å². The number of likely N-dealkylation sites (N-methyl/N-ethyl adjacent to an activating group) is 2. The van der Waals surface area contributed by atoms with E-state index in [0.717, 1.165) is 29.3 Å². The number of unbranched alkanes of at least 4 members (excludes halogenated alkanes) is 1. The number of sulfonamides is 1. The average Bonchev–Trinajstić information content (AvgIpc) is 2.44. The third kappa shape index (κ3) is 4.78. The topological polar surface area (TPSA) is 57.7 Å². The molecule has 0 aliphatic rings. The van der Waals surface area contributed by atoms with Crippen molar-refractivity contribution in [1.29, 1.82) is 0 Å². The molecular weight excluding hydrogens is 295 g/mol. The number of halogens is 1. The summed E-state index contributed by atoms with van der Waals surface area (Å²) in [6, 6.07) is 4.53. The van der Waals surface area contributed by atoms with Gasteiger partial charge in [0.1, 0.15) is 5.82 Å². The Morgan fingerprint density at radius 1 is 1.19 bits per heavy atom. The van der Waals surface area contributed by atoms with E-state index in [1.807, 2.05) is 6.92 Å². The van der Waals surface area contributed by atoms with Crippen LogP contribution in [-0.2, 0) is 14.8 Å². The summed E-state index contributed by atoms with van der Waals surface area (Å²) in [5.41, 5.74) is 0. The summed E-state index contributed by atoms with van der Waals surface area (Å²) in [5, 5.41) is 0. The molecular formula is C14H21FN2O3S. The Bertz CT molecular complexity index is 572. The molecule has 21 heavy (non-hydrogen) atoms. The number of benzene rings is 1. The van der Waals surface area contributed by atoms with Crippen LogP contribution in [0.3, 0.4) is 0 Å². The second-order valence-electron chi connectivity index (χ2n) is 4.88. The Hall–Kier alpha value is -1.47. The van der Waals surface area contributed by atoms with Gasteiger partial charge in [-0.05, 0) is 30.7 Å². The fraction of sp³-hybridized carbons (Fsp3) is 0.500. The molecule has 0 aliphatic carbocycles. The Morgan fingerprint density at radius 2 is 1.76 bits per heavy atom. The number of hydrogen-bond acceptors (Lipinski definition) is 3. The first-order chi connectivity index (χ1) is 9.78. The molecule has 0 radical (unpaired) electrons. The third-order valence-corrected chi connectivity index (χ3v) is 4.97. The molecule has 0 saturated carbocycles. The Balaban J connectivity index is 2.75. The van der Waals surface area contributed by atoms with Crippen molar-refractivity contribution in [1.82, 2.24) is 9.21 Å². The van der Waals surface area contributed by atoms with Crippen molar-refractivity contribution >= 4 is 15.9 Å². The van der Waals surface area contributed by atoms with Crippen molar-refractivity contribution in [3.8, 4) is 0 Å². The van der Waals surface area contributed by atoms with Gasteiger partial charge in [0.25, 0.3) is 0 Å². The highest BCUT2D eigenvalue weighted by Crippen LogP contribution is 2.14. The quantitative estimate of drug-likeness (QED) is 0.769. The van der Waals surface area contributed by atoms with Gasteiger partial charge in [-0.25, -0.2) is 12.8 Å². The molecule has 0 saturated heterocycles. The molecule has 0 aromatic heterocycles. The van der Waals surface area contributed by atoms with E-state index in [1.54, 1.807) is 7.05 Å². The lowest BCUT2D eigenvalue weighted by Gasteiger charge is -2.21. The fourth-order valence-corrected chi connectivity index (χ4v) is 2.82. The van der Waals surface area contributed by atoms with E-state index >= 15 is 0 Å². The summed E-state index contributed by atoms with van der Waals surface area (Å²) in [6.45, 7) is 2.38. The Morgan fingerprint density at radius 3 is 2.29 bits per heavy atom. The molecule has 0 heterocycles. The summed E-state index contributed by atoms with van der Waals surface area (Å²) in [6.07, 6.45) is 1.83. The SMILES string of the molecule is CCCCN(C)C(=O)CN(C)S(=O)(=O)c1ccc(F)cc1. The highest BCUT2D eigenvalue weighted by atomic mass is 32.2. The van der Waals surface area contributed by atoms with Crippen LogP contribution in [0.5, 0.6) is 0 Å². The van der Waals surface area contributed by atoms with E-state index in [9.17, 15) is 17.6 Å².